The van der Waals surface area contributed by atoms with Crippen LogP contribution in [0.3, 0.4) is 0 Å². The predicted molar refractivity (Wildman–Crippen MR) is 123 cm³/mol. The third-order valence-corrected chi connectivity index (χ3v) is 5.76. The summed E-state index contributed by atoms with van der Waals surface area (Å²) in [6.45, 7) is 4.85. The van der Waals surface area contributed by atoms with E-state index >= 15 is 0 Å². The van der Waals surface area contributed by atoms with Crippen LogP contribution in [-0.4, -0.2) is 34.2 Å². The molecular formula is C23H23NO4S2. The summed E-state index contributed by atoms with van der Waals surface area (Å²) in [5, 5.41) is 0. The summed E-state index contributed by atoms with van der Waals surface area (Å²) < 4.78 is 11.2. The first-order valence-electron chi connectivity index (χ1n) is 9.65. The van der Waals surface area contributed by atoms with Gasteiger partial charge in [0.1, 0.15) is 16.7 Å². The van der Waals surface area contributed by atoms with Crippen LogP contribution in [0.1, 0.15) is 30.0 Å². The van der Waals surface area contributed by atoms with Crippen LogP contribution >= 0.6 is 24.0 Å². The molecule has 0 aromatic heterocycles. The fourth-order valence-corrected chi connectivity index (χ4v) is 4.22. The van der Waals surface area contributed by atoms with Crippen molar-refractivity contribution in [2.45, 2.75) is 26.9 Å². The van der Waals surface area contributed by atoms with E-state index in [1.807, 2.05) is 36.4 Å². The van der Waals surface area contributed by atoms with E-state index in [0.717, 1.165) is 16.9 Å². The molecule has 1 saturated heterocycles. The largest absolute Gasteiger partial charge is 0.489 e. The quantitative estimate of drug-likeness (QED) is 0.335. The fourth-order valence-electron chi connectivity index (χ4n) is 2.91. The highest BCUT2D eigenvalue weighted by atomic mass is 32.2. The van der Waals surface area contributed by atoms with E-state index < -0.39 is 0 Å². The van der Waals surface area contributed by atoms with E-state index in [4.69, 9.17) is 21.7 Å². The highest BCUT2D eigenvalue weighted by Crippen LogP contribution is 2.32. The van der Waals surface area contributed by atoms with Crippen LogP contribution in [0.4, 0.5) is 0 Å². The second kappa shape index (κ2) is 10.4. The van der Waals surface area contributed by atoms with Crippen LogP contribution < -0.4 is 4.74 Å². The molecule has 0 unspecified atom stereocenters. The van der Waals surface area contributed by atoms with Gasteiger partial charge in [-0.2, -0.15) is 0 Å². The van der Waals surface area contributed by atoms with Crippen molar-refractivity contribution in [3.63, 3.8) is 0 Å². The van der Waals surface area contributed by atoms with Gasteiger partial charge in [0, 0.05) is 6.54 Å². The van der Waals surface area contributed by atoms with Crippen molar-refractivity contribution in [3.8, 4) is 5.75 Å². The zero-order chi connectivity index (χ0) is 21.5. The lowest BCUT2D eigenvalue weighted by atomic mass is 10.1. The number of carbonyl (C=O) groups is 2. The van der Waals surface area contributed by atoms with Crippen LogP contribution in [0.25, 0.3) is 6.08 Å². The summed E-state index contributed by atoms with van der Waals surface area (Å²) >= 11 is 6.53. The highest BCUT2D eigenvalue weighted by molar-refractivity contribution is 8.26. The van der Waals surface area contributed by atoms with Crippen LogP contribution in [0.2, 0.25) is 0 Å². The molecule has 3 rings (SSSR count). The molecule has 30 heavy (non-hydrogen) atoms. The number of amides is 1. The van der Waals surface area contributed by atoms with E-state index in [1.165, 1.54) is 22.2 Å². The van der Waals surface area contributed by atoms with E-state index in [-0.39, 0.29) is 24.8 Å². The van der Waals surface area contributed by atoms with Gasteiger partial charge in [-0.15, -0.1) is 0 Å². The standard InChI is InChI=1S/C23H23NO4S2/c1-3-27-21(25)11-12-24-22(26)20(30-23(24)29)14-17-7-9-19(10-8-17)28-15-18-6-4-5-16(2)13-18/h4-10,13-14H,3,11-12,15H2,1-2H3/b20-14+. The molecule has 0 saturated carbocycles. The number of thiocarbonyl (C=S) groups is 1. The number of thioether (sulfide) groups is 1. The topological polar surface area (TPSA) is 55.8 Å². The molecule has 1 aliphatic heterocycles. The molecule has 5 nitrogen and oxygen atoms in total. The SMILES string of the molecule is CCOC(=O)CCN1C(=O)/C(=C\c2ccc(OCc3cccc(C)c3)cc2)SC1=S. The van der Waals surface area contributed by atoms with Gasteiger partial charge < -0.3 is 9.47 Å². The molecule has 2 aromatic rings. The van der Waals surface area contributed by atoms with Gasteiger partial charge >= 0.3 is 5.97 Å². The van der Waals surface area contributed by atoms with E-state index in [9.17, 15) is 9.59 Å². The molecule has 1 aliphatic rings. The average Bonchev–Trinajstić information content (AvgIpc) is 2.99. The van der Waals surface area contributed by atoms with Crippen molar-refractivity contribution in [2.75, 3.05) is 13.2 Å². The Morgan fingerprint density at radius 3 is 2.67 bits per heavy atom. The van der Waals surface area contributed by atoms with Crippen LogP contribution in [0, 0.1) is 6.92 Å². The Kier molecular flexibility index (Phi) is 7.65. The van der Waals surface area contributed by atoms with Crippen LogP contribution in [-0.2, 0) is 20.9 Å². The Morgan fingerprint density at radius 1 is 1.20 bits per heavy atom. The fraction of sp³-hybridized carbons (Fsp3) is 0.261. The number of esters is 1. The average molecular weight is 442 g/mol. The zero-order valence-corrected chi connectivity index (χ0v) is 18.6. The third-order valence-electron chi connectivity index (χ3n) is 4.38. The van der Waals surface area contributed by atoms with Crippen molar-refractivity contribution in [1.82, 2.24) is 4.90 Å². The van der Waals surface area contributed by atoms with Crippen molar-refractivity contribution in [2.24, 2.45) is 0 Å². The Morgan fingerprint density at radius 2 is 1.97 bits per heavy atom. The summed E-state index contributed by atoms with van der Waals surface area (Å²) in [5.74, 6) is 0.237. The minimum atomic E-state index is -0.336. The predicted octanol–water partition coefficient (Wildman–Crippen LogP) is 4.73. The van der Waals surface area contributed by atoms with Gasteiger partial charge in [-0.1, -0.05) is 65.9 Å². The molecule has 2 aromatic carbocycles. The number of hydrogen-bond donors (Lipinski definition) is 0. The van der Waals surface area contributed by atoms with Crippen molar-refractivity contribution < 1.29 is 19.1 Å². The minimum Gasteiger partial charge on any atom is -0.489 e. The van der Waals surface area contributed by atoms with Crippen LogP contribution in [0.15, 0.2) is 53.4 Å². The maximum absolute atomic E-state index is 12.6. The molecule has 1 heterocycles. The Bertz CT molecular complexity index is 969. The van der Waals surface area contributed by atoms with E-state index in [1.54, 1.807) is 13.0 Å². The summed E-state index contributed by atoms with van der Waals surface area (Å²) in [5.41, 5.74) is 3.19. The molecule has 156 valence electrons. The maximum Gasteiger partial charge on any atom is 0.307 e. The lowest BCUT2D eigenvalue weighted by Crippen LogP contribution is -2.30. The Balaban J connectivity index is 1.59. The van der Waals surface area contributed by atoms with Crippen molar-refractivity contribution in [3.05, 3.63) is 70.1 Å². The molecule has 1 fully saturated rings. The number of carbonyl (C=O) groups excluding carboxylic acids is 2. The summed E-state index contributed by atoms with van der Waals surface area (Å²) in [6, 6.07) is 15.8. The van der Waals surface area contributed by atoms with Gasteiger partial charge in [-0.05, 0) is 43.2 Å². The normalized spacial score (nSPS) is 15.0. The van der Waals surface area contributed by atoms with Gasteiger partial charge in [0.05, 0.1) is 17.9 Å². The first-order valence-corrected chi connectivity index (χ1v) is 10.9. The lowest BCUT2D eigenvalue weighted by Gasteiger charge is -2.13. The lowest BCUT2D eigenvalue weighted by molar-refractivity contribution is -0.143. The Labute approximate surface area is 186 Å². The molecule has 0 radical (unpaired) electrons. The van der Waals surface area contributed by atoms with Gasteiger partial charge in [-0.3, -0.25) is 14.5 Å². The first-order chi connectivity index (χ1) is 14.5. The maximum atomic E-state index is 12.6. The highest BCUT2D eigenvalue weighted by Gasteiger charge is 2.32. The molecule has 0 aliphatic carbocycles. The number of ether oxygens (including phenoxy) is 2. The van der Waals surface area contributed by atoms with Gasteiger partial charge in [0.25, 0.3) is 5.91 Å². The second-order valence-corrected chi connectivity index (χ2v) is 8.41. The van der Waals surface area contributed by atoms with E-state index in [0.29, 0.717) is 22.4 Å². The van der Waals surface area contributed by atoms with Gasteiger partial charge in [0.2, 0.25) is 0 Å². The number of rotatable bonds is 8. The smallest absolute Gasteiger partial charge is 0.307 e. The Hall–Kier alpha value is -2.64. The molecule has 0 bridgehead atoms. The van der Waals surface area contributed by atoms with Gasteiger partial charge in [-0.25, -0.2) is 0 Å². The van der Waals surface area contributed by atoms with Crippen LogP contribution in [0.5, 0.6) is 5.75 Å². The van der Waals surface area contributed by atoms with Crippen molar-refractivity contribution in [1.29, 1.82) is 0 Å². The number of benzene rings is 2. The molecule has 0 atom stereocenters. The first kappa shape index (κ1) is 22.1. The minimum absolute atomic E-state index is 0.126. The monoisotopic (exact) mass is 441 g/mol. The molecule has 7 heteroatoms. The van der Waals surface area contributed by atoms with Crippen molar-refractivity contribution >= 4 is 46.3 Å². The number of hydrogen-bond acceptors (Lipinski definition) is 6. The summed E-state index contributed by atoms with van der Waals surface area (Å²) in [6.07, 6.45) is 1.93. The third kappa shape index (κ3) is 5.93. The van der Waals surface area contributed by atoms with Gasteiger partial charge in [0.15, 0.2) is 0 Å². The number of nitrogens with zero attached hydrogens (tertiary/aromatic N) is 1. The van der Waals surface area contributed by atoms with E-state index in [2.05, 4.69) is 19.1 Å². The second-order valence-electron chi connectivity index (χ2n) is 6.74. The molecular weight excluding hydrogens is 418 g/mol. The summed E-state index contributed by atoms with van der Waals surface area (Å²) in [7, 11) is 0. The molecule has 1 amide bonds. The molecule has 0 spiro atoms. The number of aryl methyl sites for hydroxylation is 1. The summed E-state index contributed by atoms with van der Waals surface area (Å²) in [4.78, 5) is 26.1. The zero-order valence-electron chi connectivity index (χ0n) is 16.9. The molecule has 0 N–H and O–H groups in total.